The van der Waals surface area contributed by atoms with E-state index in [-0.39, 0.29) is 0 Å². The van der Waals surface area contributed by atoms with Gasteiger partial charge in [-0.25, -0.2) is 4.98 Å². The summed E-state index contributed by atoms with van der Waals surface area (Å²) in [6.07, 6.45) is 0. The molecule has 5 heteroatoms. The van der Waals surface area contributed by atoms with Gasteiger partial charge >= 0.3 is 0 Å². The van der Waals surface area contributed by atoms with Crippen LogP contribution in [0.15, 0.2) is 92.0 Å². The van der Waals surface area contributed by atoms with Crippen LogP contribution in [0.2, 0.25) is 0 Å². The van der Waals surface area contributed by atoms with Crippen LogP contribution < -0.4 is 16.8 Å². The summed E-state index contributed by atoms with van der Waals surface area (Å²) < 4.78 is 0. The summed E-state index contributed by atoms with van der Waals surface area (Å²) in [4.78, 5) is 7.87. The zero-order valence-electron chi connectivity index (χ0n) is 16.5. The van der Waals surface area contributed by atoms with E-state index in [1.54, 1.807) is 0 Å². The Morgan fingerprint density at radius 2 is 1.50 bits per heavy atom. The molecule has 0 aliphatic heterocycles. The van der Waals surface area contributed by atoms with Crippen molar-refractivity contribution in [1.82, 2.24) is 9.97 Å². The number of nitrogens with two attached hydrogens (primary N) is 2. The Balaban J connectivity index is 1.59. The molecule has 148 valence electrons. The highest BCUT2D eigenvalue weighted by molar-refractivity contribution is 5.82. The number of nitrogen functional groups attached to an aromatic ring is 1. The number of aromatic amines is 1. The Labute approximate surface area is 175 Å². The minimum absolute atomic E-state index is 0.382. The minimum Gasteiger partial charge on any atom is -0.399 e. The molecule has 0 atom stereocenters. The summed E-state index contributed by atoms with van der Waals surface area (Å²) >= 11 is 0. The van der Waals surface area contributed by atoms with Gasteiger partial charge in [0.05, 0.1) is 5.70 Å². The molecule has 0 bridgehead atoms. The molecule has 0 amide bonds. The standard InChI is InChI=1S/C25H23N5/c1-16(26)23-25(30-24(29-23)21-9-6-10-22(27)15-21)28-17(2)18-11-13-20(14-12-18)19-7-4-3-5-8-19/h3-15,28H,1-2,26-27H2,(H,29,30). The van der Waals surface area contributed by atoms with Crippen molar-refractivity contribution < 1.29 is 0 Å². The first-order valence-electron chi connectivity index (χ1n) is 9.54. The summed E-state index contributed by atoms with van der Waals surface area (Å²) in [5, 5.41) is 3.26. The summed E-state index contributed by atoms with van der Waals surface area (Å²) in [6.45, 7) is 8.01. The van der Waals surface area contributed by atoms with Gasteiger partial charge in [0.2, 0.25) is 0 Å². The number of benzene rings is 3. The van der Waals surface area contributed by atoms with E-state index >= 15 is 0 Å². The third kappa shape index (κ3) is 3.95. The molecule has 6 N–H and O–H groups in total. The van der Waals surface area contributed by atoms with Crippen LogP contribution in [0.1, 0.15) is 11.3 Å². The second-order valence-corrected chi connectivity index (χ2v) is 7.01. The van der Waals surface area contributed by atoms with Crippen LogP contribution in [0, 0.1) is 0 Å². The zero-order chi connectivity index (χ0) is 21.1. The molecule has 30 heavy (non-hydrogen) atoms. The van der Waals surface area contributed by atoms with E-state index < -0.39 is 0 Å². The predicted octanol–water partition coefficient (Wildman–Crippen LogP) is 5.34. The van der Waals surface area contributed by atoms with Crippen LogP contribution >= 0.6 is 0 Å². The van der Waals surface area contributed by atoms with E-state index in [1.807, 2.05) is 54.6 Å². The molecule has 3 aromatic carbocycles. The average molecular weight is 393 g/mol. The van der Waals surface area contributed by atoms with Crippen molar-refractivity contribution in [3.05, 3.63) is 103 Å². The Morgan fingerprint density at radius 3 is 2.17 bits per heavy atom. The van der Waals surface area contributed by atoms with Crippen LogP contribution in [0.4, 0.5) is 11.5 Å². The number of anilines is 2. The predicted molar refractivity (Wildman–Crippen MR) is 126 cm³/mol. The molecule has 0 fully saturated rings. The highest BCUT2D eigenvalue weighted by Gasteiger charge is 2.14. The molecule has 4 rings (SSSR count). The fourth-order valence-electron chi connectivity index (χ4n) is 3.23. The first-order chi connectivity index (χ1) is 14.5. The first-order valence-corrected chi connectivity index (χ1v) is 9.54. The zero-order valence-corrected chi connectivity index (χ0v) is 16.5. The smallest absolute Gasteiger partial charge is 0.158 e. The summed E-state index contributed by atoms with van der Waals surface area (Å²) in [6, 6.07) is 25.9. The molecule has 0 aliphatic carbocycles. The summed E-state index contributed by atoms with van der Waals surface area (Å²) in [7, 11) is 0. The Kier molecular flexibility index (Phi) is 5.09. The van der Waals surface area contributed by atoms with Gasteiger partial charge in [-0.1, -0.05) is 79.9 Å². The van der Waals surface area contributed by atoms with Crippen molar-refractivity contribution in [2.75, 3.05) is 11.1 Å². The molecule has 0 radical (unpaired) electrons. The van der Waals surface area contributed by atoms with Gasteiger partial charge in [-0.2, -0.15) is 0 Å². The van der Waals surface area contributed by atoms with Gasteiger partial charge in [-0.15, -0.1) is 0 Å². The monoisotopic (exact) mass is 393 g/mol. The normalized spacial score (nSPS) is 10.5. The maximum absolute atomic E-state index is 5.97. The van der Waals surface area contributed by atoms with Crippen molar-refractivity contribution in [1.29, 1.82) is 0 Å². The van der Waals surface area contributed by atoms with Gasteiger partial charge in [0, 0.05) is 16.9 Å². The molecule has 5 nitrogen and oxygen atoms in total. The van der Waals surface area contributed by atoms with Crippen LogP contribution in [-0.2, 0) is 0 Å². The molecular weight excluding hydrogens is 370 g/mol. The number of hydrogen-bond acceptors (Lipinski definition) is 4. The minimum atomic E-state index is 0.382. The Bertz CT molecular complexity index is 1200. The molecular formula is C25H23N5. The number of H-pyrrole nitrogens is 1. The largest absolute Gasteiger partial charge is 0.399 e. The van der Waals surface area contributed by atoms with Crippen LogP contribution in [0.5, 0.6) is 0 Å². The van der Waals surface area contributed by atoms with E-state index in [4.69, 9.17) is 11.5 Å². The van der Waals surface area contributed by atoms with Crippen molar-refractivity contribution >= 4 is 22.9 Å². The van der Waals surface area contributed by atoms with E-state index in [0.717, 1.165) is 16.7 Å². The van der Waals surface area contributed by atoms with Crippen molar-refractivity contribution in [3.8, 4) is 22.5 Å². The van der Waals surface area contributed by atoms with E-state index in [2.05, 4.69) is 52.7 Å². The highest BCUT2D eigenvalue weighted by Crippen LogP contribution is 2.28. The quantitative estimate of drug-likeness (QED) is 0.333. The SMILES string of the molecule is C=C(Nc1nc(-c2cccc(N)c2)[nH]c1C(=C)N)c1ccc(-c2ccccc2)cc1. The number of nitrogens with zero attached hydrogens (tertiary/aromatic N) is 1. The Morgan fingerprint density at radius 1 is 0.833 bits per heavy atom. The lowest BCUT2D eigenvalue weighted by Crippen LogP contribution is -2.03. The molecule has 0 saturated carbocycles. The van der Waals surface area contributed by atoms with E-state index in [0.29, 0.717) is 34.4 Å². The highest BCUT2D eigenvalue weighted by atomic mass is 15.1. The molecule has 0 aliphatic rings. The fraction of sp³-hybridized carbons (Fsp3) is 0. The van der Waals surface area contributed by atoms with Crippen LogP contribution in [0.3, 0.4) is 0 Å². The molecule has 0 saturated heterocycles. The lowest BCUT2D eigenvalue weighted by atomic mass is 10.0. The first kappa shape index (κ1) is 19.1. The van der Waals surface area contributed by atoms with E-state index in [9.17, 15) is 0 Å². The number of aromatic nitrogens is 2. The number of hydrogen-bond donors (Lipinski definition) is 4. The summed E-state index contributed by atoms with van der Waals surface area (Å²) in [5.74, 6) is 1.22. The Hall–Kier alpha value is -4.25. The molecule has 1 aromatic heterocycles. The fourth-order valence-corrected chi connectivity index (χ4v) is 3.23. The van der Waals surface area contributed by atoms with Gasteiger partial charge in [0.1, 0.15) is 11.5 Å². The lowest BCUT2D eigenvalue weighted by Gasteiger charge is -2.10. The maximum atomic E-state index is 5.97. The van der Waals surface area contributed by atoms with Crippen molar-refractivity contribution in [2.24, 2.45) is 5.73 Å². The lowest BCUT2D eigenvalue weighted by molar-refractivity contribution is 1.29. The maximum Gasteiger partial charge on any atom is 0.158 e. The number of rotatable bonds is 6. The van der Waals surface area contributed by atoms with E-state index in [1.165, 1.54) is 5.56 Å². The van der Waals surface area contributed by atoms with Gasteiger partial charge in [0.15, 0.2) is 5.82 Å². The second kappa shape index (κ2) is 8.01. The van der Waals surface area contributed by atoms with Crippen LogP contribution in [0.25, 0.3) is 33.9 Å². The van der Waals surface area contributed by atoms with Gasteiger partial charge in [0.25, 0.3) is 0 Å². The molecule has 0 spiro atoms. The van der Waals surface area contributed by atoms with Gasteiger partial charge in [-0.05, 0) is 28.8 Å². The van der Waals surface area contributed by atoms with Gasteiger partial charge < -0.3 is 21.8 Å². The second-order valence-electron chi connectivity index (χ2n) is 7.01. The topological polar surface area (TPSA) is 92.7 Å². The average Bonchev–Trinajstić information content (AvgIpc) is 3.19. The summed E-state index contributed by atoms with van der Waals surface area (Å²) in [5.41, 5.74) is 18.4. The van der Waals surface area contributed by atoms with Gasteiger partial charge in [-0.3, -0.25) is 0 Å². The third-order valence-corrected chi connectivity index (χ3v) is 4.79. The van der Waals surface area contributed by atoms with Crippen molar-refractivity contribution in [3.63, 3.8) is 0 Å². The van der Waals surface area contributed by atoms with Crippen LogP contribution in [-0.4, -0.2) is 9.97 Å². The third-order valence-electron chi connectivity index (χ3n) is 4.79. The molecule has 4 aromatic rings. The number of imidazole rings is 1. The van der Waals surface area contributed by atoms with Crippen molar-refractivity contribution in [2.45, 2.75) is 0 Å². The molecule has 0 unspecified atom stereocenters. The molecule has 1 heterocycles. The number of nitrogens with one attached hydrogen (secondary N) is 2.